The zero-order valence-electron chi connectivity index (χ0n) is 16.6. The molecule has 0 bridgehead atoms. The molecular formula is C21H34N4O2. The zero-order chi connectivity index (χ0) is 18.9. The average Bonchev–Trinajstić information content (AvgIpc) is 3.20. The number of pyridine rings is 1. The number of likely N-dealkylation sites (tertiary alicyclic amines) is 1. The van der Waals surface area contributed by atoms with Crippen LogP contribution in [0.1, 0.15) is 44.1 Å². The number of hydrogen-bond acceptors (Lipinski definition) is 4. The van der Waals surface area contributed by atoms with Gasteiger partial charge in [0.05, 0.1) is 6.61 Å². The van der Waals surface area contributed by atoms with E-state index in [9.17, 15) is 4.79 Å². The lowest BCUT2D eigenvalue weighted by Crippen LogP contribution is -2.43. The van der Waals surface area contributed by atoms with Crippen LogP contribution in [0.25, 0.3) is 0 Å². The van der Waals surface area contributed by atoms with E-state index in [0.29, 0.717) is 25.6 Å². The SMILES string of the molecule is COCCN(Cc1cccnc1)C(=O)NCC1CCN(C2CCCCC2)C1. The van der Waals surface area contributed by atoms with E-state index in [0.717, 1.165) is 24.7 Å². The normalized spacial score (nSPS) is 21.3. The maximum absolute atomic E-state index is 12.7. The lowest BCUT2D eigenvalue weighted by atomic mass is 9.94. The number of ether oxygens (including phenoxy) is 1. The highest BCUT2D eigenvalue weighted by molar-refractivity contribution is 5.74. The minimum absolute atomic E-state index is 0.00739. The predicted molar refractivity (Wildman–Crippen MR) is 106 cm³/mol. The number of methoxy groups -OCH3 is 1. The molecule has 6 nitrogen and oxygen atoms in total. The summed E-state index contributed by atoms with van der Waals surface area (Å²) in [6.07, 6.45) is 11.6. The molecule has 27 heavy (non-hydrogen) atoms. The lowest BCUT2D eigenvalue weighted by Gasteiger charge is -2.31. The van der Waals surface area contributed by atoms with Gasteiger partial charge in [0.15, 0.2) is 0 Å². The largest absolute Gasteiger partial charge is 0.383 e. The highest BCUT2D eigenvalue weighted by Crippen LogP contribution is 2.27. The van der Waals surface area contributed by atoms with Crippen molar-refractivity contribution in [2.24, 2.45) is 5.92 Å². The van der Waals surface area contributed by atoms with Crippen LogP contribution in [0.15, 0.2) is 24.5 Å². The van der Waals surface area contributed by atoms with Crippen molar-refractivity contribution in [3.8, 4) is 0 Å². The van der Waals surface area contributed by atoms with Gasteiger partial charge in [0.2, 0.25) is 0 Å². The number of amides is 2. The predicted octanol–water partition coefficient (Wildman–Crippen LogP) is 2.89. The third-order valence-electron chi connectivity index (χ3n) is 5.90. The van der Waals surface area contributed by atoms with Crippen LogP contribution in [0.4, 0.5) is 4.79 Å². The van der Waals surface area contributed by atoms with Crippen LogP contribution in [0, 0.1) is 5.92 Å². The summed E-state index contributed by atoms with van der Waals surface area (Å²) < 4.78 is 5.18. The second kappa shape index (κ2) is 10.6. The van der Waals surface area contributed by atoms with E-state index < -0.39 is 0 Å². The van der Waals surface area contributed by atoms with Gasteiger partial charge >= 0.3 is 6.03 Å². The van der Waals surface area contributed by atoms with Crippen molar-refractivity contribution in [2.75, 3.05) is 39.9 Å². The summed E-state index contributed by atoms with van der Waals surface area (Å²) in [7, 11) is 1.67. The van der Waals surface area contributed by atoms with E-state index in [-0.39, 0.29) is 6.03 Å². The van der Waals surface area contributed by atoms with Crippen molar-refractivity contribution < 1.29 is 9.53 Å². The summed E-state index contributed by atoms with van der Waals surface area (Å²) >= 11 is 0. The summed E-state index contributed by atoms with van der Waals surface area (Å²) in [6, 6.07) is 4.68. The van der Waals surface area contributed by atoms with Gasteiger partial charge in [0.1, 0.15) is 0 Å². The van der Waals surface area contributed by atoms with E-state index >= 15 is 0 Å². The molecule has 1 saturated heterocycles. The minimum atomic E-state index is -0.00739. The number of aromatic nitrogens is 1. The maximum Gasteiger partial charge on any atom is 0.317 e. The molecule has 2 heterocycles. The maximum atomic E-state index is 12.7. The number of hydrogen-bond donors (Lipinski definition) is 1. The smallest absolute Gasteiger partial charge is 0.317 e. The topological polar surface area (TPSA) is 57.7 Å². The minimum Gasteiger partial charge on any atom is -0.383 e. The van der Waals surface area contributed by atoms with Crippen molar-refractivity contribution in [3.05, 3.63) is 30.1 Å². The fourth-order valence-electron chi connectivity index (χ4n) is 4.32. The monoisotopic (exact) mass is 374 g/mol. The Morgan fingerprint density at radius 1 is 1.33 bits per heavy atom. The molecule has 3 rings (SSSR count). The summed E-state index contributed by atoms with van der Waals surface area (Å²) in [5.41, 5.74) is 1.04. The summed E-state index contributed by atoms with van der Waals surface area (Å²) in [5.74, 6) is 0.568. The van der Waals surface area contributed by atoms with Crippen LogP contribution in [0.3, 0.4) is 0 Å². The Bertz CT molecular complexity index is 563. The summed E-state index contributed by atoms with van der Waals surface area (Å²) in [6.45, 7) is 4.75. The first-order valence-electron chi connectivity index (χ1n) is 10.4. The molecule has 0 spiro atoms. The standard InChI is InChI=1S/C21H34N4O2/c1-27-13-12-25(17-18-6-5-10-22-14-18)21(26)23-15-19-9-11-24(16-19)20-7-3-2-4-8-20/h5-6,10,14,19-20H,2-4,7-9,11-13,15-17H2,1H3,(H,23,26). The number of carbonyl (C=O) groups excluding carboxylic acids is 1. The van der Waals surface area contributed by atoms with Crippen LogP contribution < -0.4 is 5.32 Å². The Balaban J connectivity index is 1.45. The Hall–Kier alpha value is -1.66. The number of nitrogens with zero attached hydrogens (tertiary/aromatic N) is 3. The zero-order valence-corrected chi connectivity index (χ0v) is 16.6. The molecule has 1 aromatic rings. The van der Waals surface area contributed by atoms with Crippen LogP contribution in [-0.4, -0.2) is 66.8 Å². The summed E-state index contributed by atoms with van der Waals surface area (Å²) in [4.78, 5) is 21.3. The molecule has 2 aliphatic rings. The second-order valence-corrected chi connectivity index (χ2v) is 7.90. The molecule has 1 aromatic heterocycles. The van der Waals surface area contributed by atoms with Crippen molar-refractivity contribution in [3.63, 3.8) is 0 Å². The van der Waals surface area contributed by atoms with Crippen molar-refractivity contribution in [1.82, 2.24) is 20.1 Å². The van der Waals surface area contributed by atoms with Crippen LogP contribution in [0.2, 0.25) is 0 Å². The second-order valence-electron chi connectivity index (χ2n) is 7.90. The molecule has 1 aliphatic carbocycles. The van der Waals surface area contributed by atoms with E-state index in [2.05, 4.69) is 15.2 Å². The molecule has 2 fully saturated rings. The van der Waals surface area contributed by atoms with E-state index in [1.165, 1.54) is 45.1 Å². The first kappa shape index (κ1) is 20.1. The Labute approximate surface area is 163 Å². The Morgan fingerprint density at radius 3 is 2.93 bits per heavy atom. The molecule has 2 amide bonds. The van der Waals surface area contributed by atoms with E-state index in [1.54, 1.807) is 13.3 Å². The number of nitrogens with one attached hydrogen (secondary N) is 1. The van der Waals surface area contributed by atoms with Crippen molar-refractivity contribution in [2.45, 2.75) is 51.1 Å². The van der Waals surface area contributed by atoms with E-state index in [1.807, 2.05) is 23.2 Å². The number of carbonyl (C=O) groups is 1. The highest BCUT2D eigenvalue weighted by Gasteiger charge is 2.29. The fraction of sp³-hybridized carbons (Fsp3) is 0.714. The van der Waals surface area contributed by atoms with Gasteiger partial charge in [0.25, 0.3) is 0 Å². The van der Waals surface area contributed by atoms with Crippen LogP contribution in [-0.2, 0) is 11.3 Å². The fourth-order valence-corrected chi connectivity index (χ4v) is 4.32. The molecule has 1 aliphatic heterocycles. The van der Waals surface area contributed by atoms with Gasteiger partial charge in [-0.3, -0.25) is 4.98 Å². The molecule has 0 radical (unpaired) electrons. The molecule has 1 atom stereocenters. The molecule has 1 unspecified atom stereocenters. The van der Waals surface area contributed by atoms with Gasteiger partial charge in [0, 0.05) is 51.7 Å². The Kier molecular flexibility index (Phi) is 7.90. The lowest BCUT2D eigenvalue weighted by molar-refractivity contribution is 0.145. The quantitative estimate of drug-likeness (QED) is 0.760. The van der Waals surface area contributed by atoms with Crippen LogP contribution >= 0.6 is 0 Å². The number of urea groups is 1. The first-order chi connectivity index (χ1) is 13.3. The first-order valence-corrected chi connectivity index (χ1v) is 10.4. The highest BCUT2D eigenvalue weighted by atomic mass is 16.5. The van der Waals surface area contributed by atoms with Crippen molar-refractivity contribution in [1.29, 1.82) is 0 Å². The van der Waals surface area contributed by atoms with Gasteiger partial charge in [-0.05, 0) is 43.4 Å². The molecule has 1 N–H and O–H groups in total. The van der Waals surface area contributed by atoms with Crippen LogP contribution in [0.5, 0.6) is 0 Å². The van der Waals surface area contributed by atoms with E-state index in [4.69, 9.17) is 4.74 Å². The molecule has 150 valence electrons. The molecule has 6 heteroatoms. The average molecular weight is 375 g/mol. The van der Waals surface area contributed by atoms with Gasteiger partial charge in [-0.1, -0.05) is 25.3 Å². The third kappa shape index (κ3) is 6.18. The molecular weight excluding hydrogens is 340 g/mol. The summed E-state index contributed by atoms with van der Waals surface area (Å²) in [5, 5.41) is 3.16. The Morgan fingerprint density at radius 2 is 2.19 bits per heavy atom. The van der Waals surface area contributed by atoms with Crippen molar-refractivity contribution >= 4 is 6.03 Å². The van der Waals surface area contributed by atoms with Gasteiger partial charge in [-0.2, -0.15) is 0 Å². The van der Waals surface area contributed by atoms with Gasteiger partial charge < -0.3 is 19.9 Å². The number of rotatable bonds is 8. The van der Waals surface area contributed by atoms with Gasteiger partial charge in [-0.25, -0.2) is 4.79 Å². The molecule has 1 saturated carbocycles. The van der Waals surface area contributed by atoms with Gasteiger partial charge in [-0.15, -0.1) is 0 Å². The molecule has 0 aromatic carbocycles. The third-order valence-corrected chi connectivity index (χ3v) is 5.90.